The predicted molar refractivity (Wildman–Crippen MR) is 150 cm³/mol. The van der Waals surface area contributed by atoms with E-state index in [1.165, 1.54) is 22.7 Å². The van der Waals surface area contributed by atoms with Gasteiger partial charge >= 0.3 is 0 Å². The first kappa shape index (κ1) is 26.7. The molecule has 0 spiro atoms. The number of aromatic nitrogens is 4. The average Bonchev–Trinajstić information content (AvgIpc) is 3.71. The van der Waals surface area contributed by atoms with E-state index in [9.17, 15) is 9.59 Å². The summed E-state index contributed by atoms with van der Waals surface area (Å²) in [7, 11) is 3.22. The molecule has 0 bridgehead atoms. The second-order valence-electron chi connectivity index (χ2n) is 9.24. The van der Waals surface area contributed by atoms with Crippen LogP contribution >= 0.6 is 22.7 Å². The highest BCUT2D eigenvalue weighted by atomic mass is 32.1. The number of anilines is 2. The number of carbonyl (C=O) groups excluding carboxylic acids is 2. The zero-order chi connectivity index (χ0) is 27.2. The van der Waals surface area contributed by atoms with Gasteiger partial charge in [-0.15, -0.1) is 20.4 Å². The number of ether oxygens (including phenoxy) is 2. The van der Waals surface area contributed by atoms with Gasteiger partial charge in [-0.25, -0.2) is 0 Å². The predicted octanol–water partition coefficient (Wildman–Crippen LogP) is 4.82. The van der Waals surface area contributed by atoms with Crippen LogP contribution < -0.4 is 20.1 Å². The van der Waals surface area contributed by atoms with Crippen LogP contribution in [0.15, 0.2) is 48.5 Å². The lowest BCUT2D eigenvalue weighted by atomic mass is 10.1. The summed E-state index contributed by atoms with van der Waals surface area (Å²) in [5.41, 5.74) is 1.79. The normalized spacial score (nSPS) is 16.6. The number of rotatable bonds is 10. The molecule has 2 unspecified atom stereocenters. The van der Waals surface area contributed by atoms with E-state index in [0.717, 1.165) is 51.9 Å². The molecule has 1 saturated carbocycles. The Kier molecular flexibility index (Phi) is 8.42. The van der Waals surface area contributed by atoms with E-state index in [1.807, 2.05) is 48.5 Å². The molecule has 1 aliphatic carbocycles. The summed E-state index contributed by atoms with van der Waals surface area (Å²) in [5, 5.41) is 25.6. The molecule has 0 aliphatic heterocycles. The Morgan fingerprint density at radius 1 is 0.718 bits per heavy atom. The van der Waals surface area contributed by atoms with Crippen LogP contribution in [0.2, 0.25) is 0 Å². The molecule has 1 fully saturated rings. The second kappa shape index (κ2) is 12.3. The molecule has 5 rings (SSSR count). The molecule has 2 heterocycles. The van der Waals surface area contributed by atoms with Crippen LogP contribution in [0, 0.1) is 0 Å². The summed E-state index contributed by atoms with van der Waals surface area (Å²) < 4.78 is 10.3. The smallest absolute Gasteiger partial charge is 0.230 e. The lowest BCUT2D eigenvalue weighted by Gasteiger charge is -2.05. The second-order valence-corrected chi connectivity index (χ2v) is 11.3. The largest absolute Gasteiger partial charge is 0.497 e. The fourth-order valence-electron chi connectivity index (χ4n) is 4.51. The van der Waals surface area contributed by atoms with Gasteiger partial charge in [-0.1, -0.05) is 46.9 Å². The van der Waals surface area contributed by atoms with Gasteiger partial charge in [0.2, 0.25) is 22.1 Å². The van der Waals surface area contributed by atoms with E-state index in [0.29, 0.717) is 10.3 Å². The molecular weight excluding hydrogens is 536 g/mol. The van der Waals surface area contributed by atoms with Gasteiger partial charge < -0.3 is 20.1 Å². The lowest BCUT2D eigenvalue weighted by molar-refractivity contribution is -0.116. The molecular formula is C27H28N6O4S2. The molecule has 0 saturated heterocycles. The van der Waals surface area contributed by atoms with Crippen molar-refractivity contribution in [1.82, 2.24) is 20.4 Å². The van der Waals surface area contributed by atoms with Crippen molar-refractivity contribution in [2.45, 2.75) is 43.9 Å². The van der Waals surface area contributed by atoms with Crippen LogP contribution in [0.1, 0.15) is 52.2 Å². The van der Waals surface area contributed by atoms with Gasteiger partial charge in [0.15, 0.2) is 0 Å². The van der Waals surface area contributed by atoms with E-state index in [2.05, 4.69) is 31.0 Å². The van der Waals surface area contributed by atoms with E-state index in [-0.39, 0.29) is 36.5 Å². The maximum atomic E-state index is 12.5. The van der Waals surface area contributed by atoms with Gasteiger partial charge in [0, 0.05) is 11.8 Å². The highest BCUT2D eigenvalue weighted by Gasteiger charge is 2.32. The van der Waals surface area contributed by atoms with Gasteiger partial charge in [-0.05, 0) is 54.7 Å². The molecule has 2 aromatic heterocycles. The van der Waals surface area contributed by atoms with Gasteiger partial charge in [-0.3, -0.25) is 9.59 Å². The third-order valence-electron chi connectivity index (χ3n) is 6.55. The zero-order valence-electron chi connectivity index (χ0n) is 21.5. The first-order valence-electron chi connectivity index (χ1n) is 12.5. The Labute approximate surface area is 233 Å². The maximum absolute atomic E-state index is 12.5. The van der Waals surface area contributed by atoms with Crippen LogP contribution in [0.25, 0.3) is 0 Å². The van der Waals surface area contributed by atoms with Gasteiger partial charge in [0.05, 0.1) is 27.1 Å². The molecule has 2 amide bonds. The van der Waals surface area contributed by atoms with Crippen molar-refractivity contribution in [3.05, 3.63) is 69.7 Å². The Morgan fingerprint density at radius 3 is 1.51 bits per heavy atom. The SMILES string of the molecule is COc1ccc(CC(=O)Nc2nnc(C3CCC(c4nnc(NC(=O)Cc5ccc(OC)cc5)s4)C3)s2)cc1. The van der Waals surface area contributed by atoms with Gasteiger partial charge in [0.25, 0.3) is 0 Å². The molecule has 2 atom stereocenters. The summed E-state index contributed by atoms with van der Waals surface area (Å²) in [4.78, 5) is 24.9. The molecule has 39 heavy (non-hydrogen) atoms. The van der Waals surface area contributed by atoms with Gasteiger partial charge in [-0.2, -0.15) is 0 Å². The number of amides is 2. The van der Waals surface area contributed by atoms with Crippen LogP contribution in [-0.4, -0.2) is 46.4 Å². The number of hydrogen-bond donors (Lipinski definition) is 2. The summed E-state index contributed by atoms with van der Waals surface area (Å²) in [6, 6.07) is 14.8. The lowest BCUT2D eigenvalue weighted by Crippen LogP contribution is -2.14. The molecule has 2 N–H and O–H groups in total. The Balaban J connectivity index is 1.11. The quantitative estimate of drug-likeness (QED) is 0.281. The number of nitrogens with zero attached hydrogens (tertiary/aromatic N) is 4. The summed E-state index contributed by atoms with van der Waals surface area (Å²) in [6.07, 6.45) is 3.29. The summed E-state index contributed by atoms with van der Waals surface area (Å²) >= 11 is 2.83. The number of benzene rings is 2. The fourth-order valence-corrected chi connectivity index (χ4v) is 6.33. The molecule has 4 aromatic rings. The van der Waals surface area contributed by atoms with Crippen LogP contribution in [0.5, 0.6) is 11.5 Å². The molecule has 2 aromatic carbocycles. The van der Waals surface area contributed by atoms with E-state index in [1.54, 1.807) is 14.2 Å². The maximum Gasteiger partial charge on any atom is 0.230 e. The number of methoxy groups -OCH3 is 2. The molecule has 0 radical (unpaired) electrons. The van der Waals surface area contributed by atoms with Crippen molar-refractivity contribution >= 4 is 44.8 Å². The molecule has 202 valence electrons. The Hall–Kier alpha value is -3.90. The van der Waals surface area contributed by atoms with Crippen molar-refractivity contribution in [2.24, 2.45) is 0 Å². The van der Waals surface area contributed by atoms with Crippen molar-refractivity contribution in [3.8, 4) is 11.5 Å². The summed E-state index contributed by atoms with van der Waals surface area (Å²) in [5.74, 6) is 1.72. The average molecular weight is 565 g/mol. The van der Waals surface area contributed by atoms with E-state index < -0.39 is 0 Å². The monoisotopic (exact) mass is 564 g/mol. The van der Waals surface area contributed by atoms with Crippen molar-refractivity contribution < 1.29 is 19.1 Å². The van der Waals surface area contributed by atoms with Crippen LogP contribution in [0.4, 0.5) is 10.3 Å². The van der Waals surface area contributed by atoms with Gasteiger partial charge in [0.1, 0.15) is 21.5 Å². The van der Waals surface area contributed by atoms with Crippen molar-refractivity contribution in [3.63, 3.8) is 0 Å². The fraction of sp³-hybridized carbons (Fsp3) is 0.333. The molecule has 12 heteroatoms. The highest BCUT2D eigenvalue weighted by Crippen LogP contribution is 2.45. The molecule has 10 nitrogen and oxygen atoms in total. The van der Waals surface area contributed by atoms with Crippen molar-refractivity contribution in [2.75, 3.05) is 24.9 Å². The topological polar surface area (TPSA) is 128 Å². The minimum atomic E-state index is -0.136. The van der Waals surface area contributed by atoms with E-state index in [4.69, 9.17) is 9.47 Å². The minimum Gasteiger partial charge on any atom is -0.497 e. The summed E-state index contributed by atoms with van der Waals surface area (Å²) in [6.45, 7) is 0. The third kappa shape index (κ3) is 6.95. The molecule has 1 aliphatic rings. The number of carbonyl (C=O) groups is 2. The van der Waals surface area contributed by atoms with E-state index >= 15 is 0 Å². The van der Waals surface area contributed by atoms with Crippen molar-refractivity contribution in [1.29, 1.82) is 0 Å². The minimum absolute atomic E-state index is 0.136. The van der Waals surface area contributed by atoms with Crippen LogP contribution in [0.3, 0.4) is 0 Å². The Morgan fingerprint density at radius 2 is 1.13 bits per heavy atom. The Bertz CT molecular complexity index is 1310. The standard InChI is InChI=1S/C27H28N6O4S2/c1-36-20-9-3-16(4-10-20)13-22(34)28-26-32-30-24(38-26)18-7-8-19(15-18)25-31-33-27(39-25)29-23(35)14-17-5-11-21(37-2)12-6-17/h3-6,9-12,18-19H,7-8,13-15H2,1-2H3,(H,28,32,34)(H,29,33,35). The highest BCUT2D eigenvalue weighted by molar-refractivity contribution is 7.15. The zero-order valence-corrected chi connectivity index (χ0v) is 23.2. The number of nitrogens with one attached hydrogen (secondary N) is 2. The first-order chi connectivity index (χ1) is 19.0. The third-order valence-corrected chi connectivity index (χ3v) is 8.55. The van der Waals surface area contributed by atoms with Crippen LogP contribution in [-0.2, 0) is 22.4 Å². The first-order valence-corrected chi connectivity index (χ1v) is 14.1. The number of hydrogen-bond acceptors (Lipinski definition) is 10.